The van der Waals surface area contributed by atoms with Crippen LogP contribution in [0.15, 0.2) is 36.4 Å². The second kappa shape index (κ2) is 7.60. The number of hydrogen-bond donors (Lipinski definition) is 1. The standard InChI is InChI=1S/C14H17N5O2S/c1-2-6-19-13(21)11(12(20)17-14(19)22)9-15-4-3-7-18-8-5-16-10-18/h2,5,8-11H,1,3-4,6-7H2,(H,17,20,22)/t11-/m0/s1. The average molecular weight is 319 g/mol. The van der Waals surface area contributed by atoms with Gasteiger partial charge >= 0.3 is 0 Å². The van der Waals surface area contributed by atoms with E-state index >= 15 is 0 Å². The van der Waals surface area contributed by atoms with E-state index in [-0.39, 0.29) is 17.6 Å². The monoisotopic (exact) mass is 319 g/mol. The first kappa shape index (κ1) is 16.0. The second-order valence-corrected chi connectivity index (χ2v) is 5.11. The van der Waals surface area contributed by atoms with Gasteiger partial charge in [0.25, 0.3) is 0 Å². The van der Waals surface area contributed by atoms with E-state index in [9.17, 15) is 9.59 Å². The number of nitrogens with one attached hydrogen (secondary N) is 1. The first-order valence-electron chi connectivity index (χ1n) is 6.86. The summed E-state index contributed by atoms with van der Waals surface area (Å²) in [7, 11) is 0. The molecule has 0 spiro atoms. The predicted octanol–water partition coefficient (Wildman–Crippen LogP) is 0.390. The van der Waals surface area contributed by atoms with Crippen molar-refractivity contribution in [3.05, 3.63) is 31.4 Å². The number of aliphatic imine (C=N–C) groups is 1. The fraction of sp³-hybridized carbons (Fsp3) is 0.357. The summed E-state index contributed by atoms with van der Waals surface area (Å²) in [5.41, 5.74) is 0. The van der Waals surface area contributed by atoms with E-state index in [1.807, 2.05) is 10.8 Å². The number of hydrogen-bond acceptors (Lipinski definition) is 5. The number of aromatic nitrogens is 2. The molecule has 0 radical (unpaired) electrons. The number of rotatable bonds is 7. The molecule has 1 aromatic rings. The topological polar surface area (TPSA) is 79.6 Å². The summed E-state index contributed by atoms with van der Waals surface area (Å²) >= 11 is 4.97. The van der Waals surface area contributed by atoms with E-state index in [0.29, 0.717) is 6.54 Å². The summed E-state index contributed by atoms with van der Waals surface area (Å²) in [5.74, 6) is -1.74. The van der Waals surface area contributed by atoms with Crippen molar-refractivity contribution in [3.8, 4) is 0 Å². The largest absolute Gasteiger partial charge is 0.337 e. The lowest BCUT2D eigenvalue weighted by Crippen LogP contribution is -2.58. The molecule has 22 heavy (non-hydrogen) atoms. The molecule has 1 aromatic heterocycles. The first-order chi connectivity index (χ1) is 10.6. The summed E-state index contributed by atoms with van der Waals surface area (Å²) in [4.78, 5) is 33.5. The number of thiocarbonyl (C=S) groups is 1. The number of amides is 2. The lowest BCUT2D eigenvalue weighted by molar-refractivity contribution is -0.137. The smallest absolute Gasteiger partial charge is 0.247 e. The lowest BCUT2D eigenvalue weighted by Gasteiger charge is -2.29. The molecule has 0 saturated carbocycles. The molecule has 0 bridgehead atoms. The molecule has 2 amide bonds. The quantitative estimate of drug-likeness (QED) is 0.259. The zero-order chi connectivity index (χ0) is 15.9. The Labute approximate surface area is 133 Å². The predicted molar refractivity (Wildman–Crippen MR) is 86.3 cm³/mol. The van der Waals surface area contributed by atoms with Gasteiger partial charge in [0.05, 0.1) is 6.33 Å². The van der Waals surface area contributed by atoms with Crippen LogP contribution in [0.3, 0.4) is 0 Å². The van der Waals surface area contributed by atoms with Crippen LogP contribution in [0, 0.1) is 5.92 Å². The molecule has 1 atom stereocenters. The van der Waals surface area contributed by atoms with Gasteiger partial charge in [-0.05, 0) is 18.6 Å². The van der Waals surface area contributed by atoms with Gasteiger partial charge in [-0.3, -0.25) is 19.5 Å². The fourth-order valence-corrected chi connectivity index (χ4v) is 2.27. The number of aryl methyl sites for hydroxylation is 1. The van der Waals surface area contributed by atoms with Crippen molar-refractivity contribution >= 4 is 35.4 Å². The third-order valence-corrected chi connectivity index (χ3v) is 3.44. The van der Waals surface area contributed by atoms with E-state index < -0.39 is 11.8 Å². The van der Waals surface area contributed by atoms with Gasteiger partial charge < -0.3 is 9.88 Å². The molecule has 0 aliphatic carbocycles. The Kier molecular flexibility index (Phi) is 5.54. The fourth-order valence-electron chi connectivity index (χ4n) is 2.01. The highest BCUT2D eigenvalue weighted by molar-refractivity contribution is 7.80. The number of carbonyl (C=O) groups is 2. The van der Waals surface area contributed by atoms with Crippen molar-refractivity contribution < 1.29 is 9.59 Å². The van der Waals surface area contributed by atoms with Gasteiger partial charge in [-0.15, -0.1) is 6.58 Å². The van der Waals surface area contributed by atoms with Gasteiger partial charge in [-0.25, -0.2) is 4.98 Å². The summed E-state index contributed by atoms with van der Waals surface area (Å²) in [5, 5.41) is 2.61. The number of nitrogens with zero attached hydrogens (tertiary/aromatic N) is 4. The Hall–Kier alpha value is -2.35. The van der Waals surface area contributed by atoms with E-state index in [2.05, 4.69) is 21.9 Å². The highest BCUT2D eigenvalue weighted by atomic mass is 32.1. The Morgan fingerprint density at radius 2 is 2.32 bits per heavy atom. The Bertz CT molecular complexity index is 596. The molecule has 7 nitrogen and oxygen atoms in total. The molecule has 116 valence electrons. The normalized spacial score (nSPS) is 18.8. The minimum atomic E-state index is -0.931. The van der Waals surface area contributed by atoms with E-state index in [1.165, 1.54) is 11.1 Å². The molecule has 2 heterocycles. The minimum Gasteiger partial charge on any atom is -0.337 e. The van der Waals surface area contributed by atoms with Crippen molar-refractivity contribution in [2.75, 3.05) is 13.1 Å². The van der Waals surface area contributed by atoms with Crippen molar-refractivity contribution in [2.24, 2.45) is 10.9 Å². The van der Waals surface area contributed by atoms with Gasteiger partial charge in [0, 0.05) is 38.2 Å². The van der Waals surface area contributed by atoms with Crippen LogP contribution in [-0.4, -0.2) is 50.7 Å². The lowest BCUT2D eigenvalue weighted by atomic mass is 10.1. The van der Waals surface area contributed by atoms with Crippen molar-refractivity contribution in [3.63, 3.8) is 0 Å². The van der Waals surface area contributed by atoms with Crippen LogP contribution >= 0.6 is 12.2 Å². The highest BCUT2D eigenvalue weighted by Gasteiger charge is 2.36. The molecular weight excluding hydrogens is 302 g/mol. The Morgan fingerprint density at radius 1 is 1.50 bits per heavy atom. The molecule has 2 rings (SSSR count). The van der Waals surface area contributed by atoms with Crippen LogP contribution in [0.1, 0.15) is 6.42 Å². The minimum absolute atomic E-state index is 0.111. The van der Waals surface area contributed by atoms with Crippen LogP contribution in [0.4, 0.5) is 0 Å². The maximum atomic E-state index is 12.2. The van der Waals surface area contributed by atoms with Crippen LogP contribution in [-0.2, 0) is 16.1 Å². The first-order valence-corrected chi connectivity index (χ1v) is 7.27. The zero-order valence-electron chi connectivity index (χ0n) is 12.0. The number of imidazole rings is 1. The van der Waals surface area contributed by atoms with E-state index in [0.717, 1.165) is 13.0 Å². The van der Waals surface area contributed by atoms with Crippen molar-refractivity contribution in [1.82, 2.24) is 19.8 Å². The van der Waals surface area contributed by atoms with Gasteiger partial charge in [0.15, 0.2) is 11.0 Å². The highest BCUT2D eigenvalue weighted by Crippen LogP contribution is 2.09. The number of carbonyl (C=O) groups excluding carboxylic acids is 2. The molecule has 0 aromatic carbocycles. The molecule has 1 saturated heterocycles. The SMILES string of the molecule is C=CCN1C(=O)[C@@H](C=NCCCn2ccnc2)C(=O)NC1=S. The van der Waals surface area contributed by atoms with Gasteiger partial charge in [-0.2, -0.15) is 0 Å². The maximum absolute atomic E-state index is 12.2. The molecule has 1 aliphatic heterocycles. The van der Waals surface area contributed by atoms with Crippen LogP contribution in [0.5, 0.6) is 0 Å². The third-order valence-electron chi connectivity index (χ3n) is 3.12. The maximum Gasteiger partial charge on any atom is 0.247 e. The van der Waals surface area contributed by atoms with Gasteiger partial charge in [0.1, 0.15) is 0 Å². The average Bonchev–Trinajstić information content (AvgIpc) is 2.99. The van der Waals surface area contributed by atoms with Crippen molar-refractivity contribution in [1.29, 1.82) is 0 Å². The molecule has 1 aliphatic rings. The second-order valence-electron chi connectivity index (χ2n) is 4.72. The van der Waals surface area contributed by atoms with Crippen LogP contribution < -0.4 is 5.32 Å². The summed E-state index contributed by atoms with van der Waals surface area (Å²) < 4.78 is 1.94. The molecular formula is C14H17N5O2S. The third kappa shape index (κ3) is 3.85. The Morgan fingerprint density at radius 3 is 3.00 bits per heavy atom. The Balaban J connectivity index is 1.88. The zero-order valence-corrected chi connectivity index (χ0v) is 12.8. The van der Waals surface area contributed by atoms with Crippen LogP contribution in [0.25, 0.3) is 0 Å². The molecule has 0 unspecified atom stereocenters. The molecule has 1 fully saturated rings. The summed E-state index contributed by atoms with van der Waals surface area (Å²) in [6, 6.07) is 0. The van der Waals surface area contributed by atoms with Gasteiger partial charge in [-0.1, -0.05) is 6.08 Å². The molecule has 1 N–H and O–H groups in total. The summed E-state index contributed by atoms with van der Waals surface area (Å²) in [6.07, 6.45) is 9.06. The van der Waals surface area contributed by atoms with Crippen molar-refractivity contribution in [2.45, 2.75) is 13.0 Å². The van der Waals surface area contributed by atoms with Gasteiger partial charge in [0.2, 0.25) is 11.8 Å². The molecule has 8 heteroatoms. The van der Waals surface area contributed by atoms with E-state index in [1.54, 1.807) is 18.6 Å². The van der Waals surface area contributed by atoms with E-state index in [4.69, 9.17) is 12.2 Å². The van der Waals surface area contributed by atoms with Crippen LogP contribution in [0.2, 0.25) is 0 Å². The summed E-state index contributed by atoms with van der Waals surface area (Å²) in [6.45, 7) is 5.15.